The molecule has 0 aromatic heterocycles. The third-order valence-electron chi connectivity index (χ3n) is 1.52. The van der Waals surface area contributed by atoms with Crippen molar-refractivity contribution in [3.8, 4) is 0 Å². The Morgan fingerprint density at radius 3 is 2.36 bits per heavy atom. The minimum atomic E-state index is -1.23. The van der Waals surface area contributed by atoms with E-state index in [1.165, 1.54) is 6.08 Å². The van der Waals surface area contributed by atoms with E-state index in [0.717, 1.165) is 0 Å². The van der Waals surface area contributed by atoms with Gasteiger partial charge in [-0.2, -0.15) is 0 Å². The molecule has 0 aromatic rings. The summed E-state index contributed by atoms with van der Waals surface area (Å²) in [5.41, 5.74) is -0.277. The zero-order chi connectivity index (χ0) is 11.1. The molecule has 14 heavy (non-hydrogen) atoms. The molecule has 0 aliphatic carbocycles. The van der Waals surface area contributed by atoms with Crippen molar-refractivity contribution < 1.29 is 19.4 Å². The lowest BCUT2D eigenvalue weighted by Gasteiger charge is -2.03. The van der Waals surface area contributed by atoms with Crippen LogP contribution >= 0.6 is 0 Å². The molecule has 4 nitrogen and oxygen atoms in total. The number of ether oxygens (including phenoxy) is 1. The Bertz CT molecular complexity index is 241. The van der Waals surface area contributed by atoms with Crippen LogP contribution in [0.1, 0.15) is 27.2 Å². The van der Waals surface area contributed by atoms with Gasteiger partial charge in [0.15, 0.2) is 0 Å². The predicted molar refractivity (Wildman–Crippen MR) is 51.8 cm³/mol. The van der Waals surface area contributed by atoms with Crippen molar-refractivity contribution in [1.82, 2.24) is 0 Å². The minimum absolute atomic E-state index is 0.186. The lowest BCUT2D eigenvalue weighted by atomic mass is 10.1. The van der Waals surface area contributed by atoms with Crippen LogP contribution in [0, 0.1) is 5.92 Å². The molecule has 0 rings (SSSR count). The number of carbonyl (C=O) groups excluding carboxylic acids is 1. The van der Waals surface area contributed by atoms with Gasteiger partial charge in [-0.1, -0.05) is 19.9 Å². The van der Waals surface area contributed by atoms with Crippen molar-refractivity contribution in [1.29, 1.82) is 0 Å². The van der Waals surface area contributed by atoms with Gasteiger partial charge in [0.2, 0.25) is 0 Å². The maximum atomic E-state index is 11.1. The predicted octanol–water partition coefficient (Wildman–Crippen LogP) is 1.61. The van der Waals surface area contributed by atoms with Gasteiger partial charge < -0.3 is 9.84 Å². The van der Waals surface area contributed by atoms with Crippen LogP contribution in [-0.4, -0.2) is 23.7 Å². The highest BCUT2D eigenvalue weighted by molar-refractivity contribution is 6.13. The summed E-state index contributed by atoms with van der Waals surface area (Å²) < 4.78 is 4.61. The van der Waals surface area contributed by atoms with Gasteiger partial charge in [-0.15, -0.1) is 0 Å². The van der Waals surface area contributed by atoms with Gasteiger partial charge in [-0.25, -0.2) is 9.59 Å². The van der Waals surface area contributed by atoms with Crippen molar-refractivity contribution in [2.24, 2.45) is 5.92 Å². The average molecular weight is 200 g/mol. The first kappa shape index (κ1) is 12.7. The molecule has 80 valence electrons. The minimum Gasteiger partial charge on any atom is -0.477 e. The lowest BCUT2D eigenvalue weighted by molar-refractivity contribution is -0.143. The number of allylic oxidation sites excluding steroid dienone is 1. The molecule has 0 heterocycles. The Morgan fingerprint density at radius 2 is 2.00 bits per heavy atom. The van der Waals surface area contributed by atoms with Gasteiger partial charge in [0.1, 0.15) is 5.57 Å². The molecule has 0 bridgehead atoms. The first-order valence-electron chi connectivity index (χ1n) is 4.59. The number of hydrogen-bond donors (Lipinski definition) is 1. The number of carbonyl (C=O) groups is 2. The lowest BCUT2D eigenvalue weighted by Crippen LogP contribution is -2.15. The molecule has 0 saturated heterocycles. The average Bonchev–Trinajstić information content (AvgIpc) is 2.03. The highest BCUT2D eigenvalue weighted by Gasteiger charge is 2.17. The van der Waals surface area contributed by atoms with Crippen molar-refractivity contribution >= 4 is 11.9 Å². The fourth-order valence-electron chi connectivity index (χ4n) is 0.820. The van der Waals surface area contributed by atoms with Crippen LogP contribution in [0.3, 0.4) is 0 Å². The normalized spacial score (nSPS) is 11.6. The van der Waals surface area contributed by atoms with Crippen LogP contribution < -0.4 is 0 Å². The Kier molecular flexibility index (Phi) is 5.60. The molecular formula is C10H16O4. The molecule has 4 heteroatoms. The van der Waals surface area contributed by atoms with E-state index in [0.29, 0.717) is 12.3 Å². The summed E-state index contributed by atoms with van der Waals surface area (Å²) >= 11 is 0. The van der Waals surface area contributed by atoms with E-state index in [9.17, 15) is 9.59 Å². The monoisotopic (exact) mass is 200 g/mol. The van der Waals surface area contributed by atoms with Gasteiger partial charge in [0.05, 0.1) is 6.61 Å². The van der Waals surface area contributed by atoms with E-state index in [1.54, 1.807) is 6.92 Å². The van der Waals surface area contributed by atoms with Gasteiger partial charge >= 0.3 is 11.9 Å². The molecule has 0 aromatic carbocycles. The maximum absolute atomic E-state index is 11.1. The van der Waals surface area contributed by atoms with Crippen LogP contribution in [0.4, 0.5) is 0 Å². The Labute approximate surface area is 83.6 Å². The molecule has 0 aliphatic rings. The number of carboxylic acids is 1. The summed E-state index contributed by atoms with van der Waals surface area (Å²) in [6.07, 6.45) is 1.96. The smallest absolute Gasteiger partial charge is 0.345 e. The van der Waals surface area contributed by atoms with Crippen LogP contribution in [0.2, 0.25) is 0 Å². The van der Waals surface area contributed by atoms with Crippen molar-refractivity contribution in [2.75, 3.05) is 6.61 Å². The summed E-state index contributed by atoms with van der Waals surface area (Å²) in [5.74, 6) is -1.68. The number of aliphatic carboxylic acids is 1. The number of carboxylic acid groups (broad SMARTS) is 1. The molecule has 0 aliphatic heterocycles. The topological polar surface area (TPSA) is 63.6 Å². The molecule has 1 N–H and O–H groups in total. The van der Waals surface area contributed by atoms with Gasteiger partial charge in [0.25, 0.3) is 0 Å². The zero-order valence-corrected chi connectivity index (χ0v) is 8.74. The molecule has 0 unspecified atom stereocenters. The third kappa shape index (κ3) is 4.64. The molecule has 0 saturated carbocycles. The summed E-state index contributed by atoms with van der Waals surface area (Å²) in [4.78, 5) is 21.8. The quantitative estimate of drug-likeness (QED) is 0.317. The maximum Gasteiger partial charge on any atom is 0.345 e. The first-order chi connectivity index (χ1) is 6.49. The van der Waals surface area contributed by atoms with E-state index in [2.05, 4.69) is 4.74 Å². The molecular weight excluding hydrogens is 184 g/mol. The molecule has 0 amide bonds. The van der Waals surface area contributed by atoms with E-state index in [-0.39, 0.29) is 12.2 Å². The third-order valence-corrected chi connectivity index (χ3v) is 1.52. The van der Waals surface area contributed by atoms with Crippen molar-refractivity contribution in [2.45, 2.75) is 27.2 Å². The number of esters is 1. The summed E-state index contributed by atoms with van der Waals surface area (Å²) in [6, 6.07) is 0. The van der Waals surface area contributed by atoms with Crippen molar-refractivity contribution in [3.05, 3.63) is 11.6 Å². The van der Waals surface area contributed by atoms with E-state index in [1.807, 2.05) is 13.8 Å². The summed E-state index contributed by atoms with van der Waals surface area (Å²) in [6.45, 7) is 5.72. The highest BCUT2D eigenvalue weighted by Crippen LogP contribution is 2.06. The first-order valence-corrected chi connectivity index (χ1v) is 4.59. The van der Waals surface area contributed by atoms with Gasteiger partial charge in [-0.05, 0) is 19.3 Å². The van der Waals surface area contributed by atoms with Crippen LogP contribution in [0.5, 0.6) is 0 Å². The van der Waals surface area contributed by atoms with Crippen LogP contribution in [-0.2, 0) is 14.3 Å². The van der Waals surface area contributed by atoms with E-state index < -0.39 is 11.9 Å². The highest BCUT2D eigenvalue weighted by atomic mass is 16.5. The molecule has 0 fully saturated rings. The molecule has 0 radical (unpaired) electrons. The Balaban J connectivity index is 4.51. The zero-order valence-electron chi connectivity index (χ0n) is 8.74. The second-order valence-electron chi connectivity index (χ2n) is 3.27. The second kappa shape index (κ2) is 6.18. The van der Waals surface area contributed by atoms with Crippen LogP contribution in [0.25, 0.3) is 0 Å². The SMILES string of the molecule is CCOC(=O)/C(=C\CC(C)C)C(=O)O. The van der Waals surface area contributed by atoms with Gasteiger partial charge in [-0.3, -0.25) is 0 Å². The largest absolute Gasteiger partial charge is 0.477 e. The second-order valence-corrected chi connectivity index (χ2v) is 3.27. The number of hydrogen-bond acceptors (Lipinski definition) is 3. The van der Waals surface area contributed by atoms with Crippen molar-refractivity contribution in [3.63, 3.8) is 0 Å². The Hall–Kier alpha value is -1.32. The molecule has 0 spiro atoms. The van der Waals surface area contributed by atoms with E-state index >= 15 is 0 Å². The van der Waals surface area contributed by atoms with E-state index in [4.69, 9.17) is 5.11 Å². The fourth-order valence-corrected chi connectivity index (χ4v) is 0.820. The summed E-state index contributed by atoms with van der Waals surface area (Å²) in [5, 5.41) is 8.71. The molecule has 0 atom stereocenters. The number of rotatable bonds is 5. The summed E-state index contributed by atoms with van der Waals surface area (Å²) in [7, 11) is 0. The van der Waals surface area contributed by atoms with Gasteiger partial charge in [0, 0.05) is 0 Å². The fraction of sp³-hybridized carbons (Fsp3) is 0.600. The standard InChI is InChI=1S/C10H16O4/c1-4-14-10(13)8(9(11)12)6-5-7(2)3/h6-7H,4-5H2,1-3H3,(H,11,12)/b8-6-. The van der Waals surface area contributed by atoms with Crippen LogP contribution in [0.15, 0.2) is 11.6 Å². The Morgan fingerprint density at radius 1 is 1.43 bits per heavy atom.